The van der Waals surface area contributed by atoms with Crippen molar-refractivity contribution in [2.24, 2.45) is 5.73 Å². The number of halogens is 5. The summed E-state index contributed by atoms with van der Waals surface area (Å²) in [6.07, 6.45) is -7.23. The van der Waals surface area contributed by atoms with Gasteiger partial charge < -0.3 is 10.8 Å². The Balaban J connectivity index is 0.00000225. The van der Waals surface area contributed by atoms with Gasteiger partial charge in [-0.15, -0.1) is 12.4 Å². The van der Waals surface area contributed by atoms with Crippen molar-refractivity contribution in [3.8, 4) is 0 Å². The average molecular weight is 368 g/mol. The summed E-state index contributed by atoms with van der Waals surface area (Å²) in [5.41, 5.74) is 5.65. The molecule has 1 aromatic rings. The van der Waals surface area contributed by atoms with Crippen LogP contribution in [0.15, 0.2) is 24.3 Å². The number of aliphatic hydroxyl groups is 1. The Morgan fingerprint density at radius 1 is 1.25 bits per heavy atom. The maximum atomic E-state index is 12.2. The average Bonchev–Trinajstić information content (AvgIpc) is 2.15. The van der Waals surface area contributed by atoms with Gasteiger partial charge in [-0.05, 0) is 34.2 Å². The second kappa shape index (κ2) is 6.04. The van der Waals surface area contributed by atoms with E-state index in [9.17, 15) is 13.2 Å². The Kier molecular flexibility index (Phi) is 6.02. The zero-order valence-electron chi connectivity index (χ0n) is 7.91. The van der Waals surface area contributed by atoms with E-state index < -0.39 is 18.3 Å². The van der Waals surface area contributed by atoms with Gasteiger partial charge in [-0.2, -0.15) is 13.2 Å². The molecule has 0 heterocycles. The summed E-state index contributed by atoms with van der Waals surface area (Å²) in [4.78, 5) is 0. The molecule has 0 aromatic heterocycles. The van der Waals surface area contributed by atoms with Crippen LogP contribution in [0.4, 0.5) is 13.2 Å². The summed E-state index contributed by atoms with van der Waals surface area (Å²) in [5.74, 6) is 0. The fourth-order valence-corrected chi connectivity index (χ4v) is 1.87. The highest BCUT2D eigenvalue weighted by atomic mass is 127. The SMILES string of the molecule is Cl.N[C@@H](c1ccccc1I)[C@H](O)C(F)(F)F. The molecule has 0 saturated heterocycles. The molecule has 0 saturated carbocycles. The lowest BCUT2D eigenvalue weighted by molar-refractivity contribution is -0.210. The lowest BCUT2D eigenvalue weighted by Crippen LogP contribution is -2.39. The molecule has 0 bridgehead atoms. The second-order valence-electron chi connectivity index (χ2n) is 3.03. The predicted molar refractivity (Wildman–Crippen MR) is 65.4 cm³/mol. The highest BCUT2D eigenvalue weighted by molar-refractivity contribution is 14.1. The van der Waals surface area contributed by atoms with Crippen LogP contribution in [0.3, 0.4) is 0 Å². The molecule has 0 amide bonds. The van der Waals surface area contributed by atoms with Crippen LogP contribution in [0, 0.1) is 3.57 Å². The topological polar surface area (TPSA) is 46.2 Å². The van der Waals surface area contributed by atoms with E-state index in [2.05, 4.69) is 0 Å². The summed E-state index contributed by atoms with van der Waals surface area (Å²) in [5, 5.41) is 8.98. The Hall–Kier alpha value is -0.0500. The number of benzene rings is 1. The molecule has 1 rings (SSSR count). The molecule has 2 nitrogen and oxygen atoms in total. The first-order valence-electron chi connectivity index (χ1n) is 4.09. The quantitative estimate of drug-likeness (QED) is 0.790. The molecule has 0 unspecified atom stereocenters. The molecule has 92 valence electrons. The highest BCUT2D eigenvalue weighted by Gasteiger charge is 2.43. The maximum absolute atomic E-state index is 12.2. The van der Waals surface area contributed by atoms with E-state index in [0.717, 1.165) is 0 Å². The molecular formula is C9H10ClF3INO. The third kappa shape index (κ3) is 3.76. The van der Waals surface area contributed by atoms with Crippen LogP contribution < -0.4 is 5.73 Å². The van der Waals surface area contributed by atoms with E-state index >= 15 is 0 Å². The first-order valence-corrected chi connectivity index (χ1v) is 5.16. The smallest absolute Gasteiger partial charge is 0.382 e. The maximum Gasteiger partial charge on any atom is 0.416 e. The van der Waals surface area contributed by atoms with Crippen molar-refractivity contribution in [2.45, 2.75) is 18.3 Å². The van der Waals surface area contributed by atoms with E-state index in [0.29, 0.717) is 9.13 Å². The van der Waals surface area contributed by atoms with Crippen molar-refractivity contribution in [2.75, 3.05) is 0 Å². The second-order valence-corrected chi connectivity index (χ2v) is 4.20. The molecule has 2 atom stereocenters. The van der Waals surface area contributed by atoms with Crippen molar-refractivity contribution in [1.29, 1.82) is 0 Å². The standard InChI is InChI=1S/C9H9F3INO.ClH/c10-9(11,12)8(15)7(14)5-3-1-2-4-6(5)13;/h1-4,7-8,15H,14H2;1H/t7-,8-;/m0./s1. The van der Waals surface area contributed by atoms with E-state index in [1.54, 1.807) is 18.2 Å². The van der Waals surface area contributed by atoms with Crippen LogP contribution in [0.25, 0.3) is 0 Å². The van der Waals surface area contributed by atoms with E-state index in [4.69, 9.17) is 10.8 Å². The lowest BCUT2D eigenvalue weighted by atomic mass is 10.0. The summed E-state index contributed by atoms with van der Waals surface area (Å²) in [6, 6.07) is 4.94. The van der Waals surface area contributed by atoms with E-state index in [-0.39, 0.29) is 12.4 Å². The third-order valence-corrected chi connectivity index (χ3v) is 2.92. The molecule has 0 fully saturated rings. The minimum atomic E-state index is -4.70. The summed E-state index contributed by atoms with van der Waals surface area (Å²) in [7, 11) is 0. The molecule has 0 aliphatic rings. The van der Waals surface area contributed by atoms with Crippen LogP contribution in [-0.2, 0) is 0 Å². The van der Waals surface area contributed by atoms with Gasteiger partial charge >= 0.3 is 6.18 Å². The van der Waals surface area contributed by atoms with Gasteiger partial charge in [-0.3, -0.25) is 0 Å². The highest BCUT2D eigenvalue weighted by Crippen LogP contribution is 2.30. The Bertz CT molecular complexity index is 348. The molecule has 0 aliphatic carbocycles. The van der Waals surface area contributed by atoms with Gasteiger partial charge in [-0.25, -0.2) is 0 Å². The molecule has 1 aromatic carbocycles. The van der Waals surface area contributed by atoms with Gasteiger partial charge in [-0.1, -0.05) is 18.2 Å². The molecule has 3 N–H and O–H groups in total. The lowest BCUT2D eigenvalue weighted by Gasteiger charge is -2.22. The third-order valence-electron chi connectivity index (χ3n) is 1.94. The van der Waals surface area contributed by atoms with Gasteiger partial charge in [0.05, 0.1) is 6.04 Å². The predicted octanol–water partition coefficient (Wildman–Crippen LogP) is 2.64. The van der Waals surface area contributed by atoms with Crippen molar-refractivity contribution in [1.82, 2.24) is 0 Å². The zero-order valence-corrected chi connectivity index (χ0v) is 10.9. The van der Waals surface area contributed by atoms with Crippen LogP contribution in [0.5, 0.6) is 0 Å². The number of rotatable bonds is 2. The van der Waals surface area contributed by atoms with Crippen molar-refractivity contribution < 1.29 is 18.3 Å². The monoisotopic (exact) mass is 367 g/mol. The minimum Gasteiger partial charge on any atom is -0.382 e. The van der Waals surface area contributed by atoms with Gasteiger partial charge in [0.2, 0.25) is 0 Å². The molecule has 16 heavy (non-hydrogen) atoms. The number of aliphatic hydroxyl groups excluding tert-OH is 1. The first-order chi connectivity index (χ1) is 6.84. The van der Waals surface area contributed by atoms with E-state index in [1.807, 2.05) is 22.6 Å². The molecule has 7 heteroatoms. The normalized spacial score (nSPS) is 15.1. The first kappa shape index (κ1) is 16.0. The Morgan fingerprint density at radius 2 is 1.75 bits per heavy atom. The van der Waals surface area contributed by atoms with Crippen molar-refractivity contribution >= 4 is 35.0 Å². The summed E-state index contributed by atoms with van der Waals surface area (Å²) < 4.78 is 37.2. The Morgan fingerprint density at radius 3 is 2.19 bits per heavy atom. The van der Waals surface area contributed by atoms with Gasteiger partial charge in [0.25, 0.3) is 0 Å². The number of hydrogen-bond donors (Lipinski definition) is 2. The van der Waals surface area contributed by atoms with Crippen LogP contribution in [0.1, 0.15) is 11.6 Å². The molecule has 0 aliphatic heterocycles. The summed E-state index contributed by atoms with van der Waals surface area (Å²) >= 11 is 1.88. The van der Waals surface area contributed by atoms with Gasteiger partial charge in [0.1, 0.15) is 0 Å². The summed E-state index contributed by atoms with van der Waals surface area (Å²) in [6.45, 7) is 0. The number of alkyl halides is 3. The largest absolute Gasteiger partial charge is 0.416 e. The zero-order chi connectivity index (χ0) is 11.6. The Labute approximate surface area is 111 Å². The number of nitrogens with two attached hydrogens (primary N) is 1. The fraction of sp³-hybridized carbons (Fsp3) is 0.333. The van der Waals surface area contributed by atoms with Gasteiger partial charge in [0, 0.05) is 3.57 Å². The molecule has 0 radical (unpaired) electrons. The van der Waals surface area contributed by atoms with Crippen LogP contribution in [-0.4, -0.2) is 17.4 Å². The van der Waals surface area contributed by atoms with Gasteiger partial charge in [0.15, 0.2) is 6.10 Å². The van der Waals surface area contributed by atoms with Crippen LogP contribution >= 0.6 is 35.0 Å². The van der Waals surface area contributed by atoms with Crippen molar-refractivity contribution in [3.63, 3.8) is 0 Å². The number of hydrogen-bond acceptors (Lipinski definition) is 2. The fourth-order valence-electron chi connectivity index (χ4n) is 1.12. The minimum absolute atomic E-state index is 0. The van der Waals surface area contributed by atoms with Crippen LogP contribution in [0.2, 0.25) is 0 Å². The molecule has 0 spiro atoms. The van der Waals surface area contributed by atoms with E-state index in [1.165, 1.54) is 6.07 Å². The molecular weight excluding hydrogens is 357 g/mol. The van der Waals surface area contributed by atoms with Crippen molar-refractivity contribution in [3.05, 3.63) is 33.4 Å².